The van der Waals surface area contributed by atoms with Crippen LogP contribution in [0.3, 0.4) is 0 Å². The standard InChI is InChI=1S/C12H17NO2/c1-2-3-6-9-10(12(15)11(9)14)13-7-4-5-8-13/h2-8H2,1H3. The third-order valence-corrected chi connectivity index (χ3v) is 3.18. The minimum atomic E-state index is -0.247. The Balaban J connectivity index is 2.19. The summed E-state index contributed by atoms with van der Waals surface area (Å²) in [6.07, 6.45) is 5.15. The molecule has 0 N–H and O–H groups in total. The van der Waals surface area contributed by atoms with E-state index in [9.17, 15) is 9.59 Å². The van der Waals surface area contributed by atoms with Crippen LogP contribution in [0.5, 0.6) is 0 Å². The Kier molecular flexibility index (Phi) is 2.89. The van der Waals surface area contributed by atoms with Crippen molar-refractivity contribution in [2.75, 3.05) is 18.0 Å². The molecular formula is C12H17NO2. The molecule has 1 aromatic carbocycles. The first-order valence-electron chi connectivity index (χ1n) is 5.82. The lowest BCUT2D eigenvalue weighted by Gasteiger charge is -2.21. The molecule has 1 aliphatic heterocycles. The monoisotopic (exact) mass is 207 g/mol. The van der Waals surface area contributed by atoms with Crippen molar-refractivity contribution in [2.45, 2.75) is 39.0 Å². The molecule has 0 aromatic heterocycles. The van der Waals surface area contributed by atoms with Gasteiger partial charge in [-0.1, -0.05) is 13.3 Å². The van der Waals surface area contributed by atoms with Crippen LogP contribution in [0.15, 0.2) is 9.59 Å². The highest BCUT2D eigenvalue weighted by Crippen LogP contribution is 2.21. The van der Waals surface area contributed by atoms with Crippen LogP contribution in [-0.2, 0) is 6.42 Å². The molecule has 1 fully saturated rings. The van der Waals surface area contributed by atoms with E-state index in [0.29, 0.717) is 0 Å². The summed E-state index contributed by atoms with van der Waals surface area (Å²) in [6, 6.07) is 0. The molecule has 1 heterocycles. The fourth-order valence-electron chi connectivity index (χ4n) is 2.29. The molecule has 0 bridgehead atoms. The Hall–Kier alpha value is -1.12. The molecule has 2 rings (SSSR count). The Labute approximate surface area is 89.4 Å². The Morgan fingerprint density at radius 3 is 2.40 bits per heavy atom. The lowest BCUT2D eigenvalue weighted by atomic mass is 10.0. The molecule has 0 atom stereocenters. The second kappa shape index (κ2) is 4.17. The van der Waals surface area contributed by atoms with E-state index in [2.05, 4.69) is 11.8 Å². The van der Waals surface area contributed by atoms with Crippen molar-refractivity contribution in [1.82, 2.24) is 0 Å². The topological polar surface area (TPSA) is 37.4 Å². The zero-order valence-corrected chi connectivity index (χ0v) is 9.21. The molecule has 3 heteroatoms. The van der Waals surface area contributed by atoms with Crippen molar-refractivity contribution < 1.29 is 0 Å². The van der Waals surface area contributed by atoms with Gasteiger partial charge in [0.25, 0.3) is 0 Å². The molecule has 0 radical (unpaired) electrons. The summed E-state index contributed by atoms with van der Waals surface area (Å²) in [5.41, 5.74) is 1.06. The van der Waals surface area contributed by atoms with Crippen molar-refractivity contribution in [3.8, 4) is 0 Å². The highest BCUT2D eigenvalue weighted by atomic mass is 16.2. The zero-order valence-electron chi connectivity index (χ0n) is 9.21. The van der Waals surface area contributed by atoms with E-state index in [4.69, 9.17) is 0 Å². The predicted molar refractivity (Wildman–Crippen MR) is 61.4 cm³/mol. The lowest BCUT2D eigenvalue weighted by Crippen LogP contribution is -2.42. The molecule has 1 aliphatic rings. The lowest BCUT2D eigenvalue weighted by molar-refractivity contribution is 0.776. The van der Waals surface area contributed by atoms with Crippen LogP contribution in [0, 0.1) is 0 Å². The van der Waals surface area contributed by atoms with Crippen molar-refractivity contribution in [3.05, 3.63) is 26.0 Å². The van der Waals surface area contributed by atoms with Crippen molar-refractivity contribution in [3.63, 3.8) is 0 Å². The van der Waals surface area contributed by atoms with Crippen LogP contribution in [0.25, 0.3) is 0 Å². The van der Waals surface area contributed by atoms with Gasteiger partial charge >= 0.3 is 0 Å². The Morgan fingerprint density at radius 2 is 1.80 bits per heavy atom. The number of hydrogen-bond donors (Lipinski definition) is 0. The molecule has 82 valence electrons. The Bertz CT molecular complexity index is 409. The molecule has 0 unspecified atom stereocenters. The summed E-state index contributed by atoms with van der Waals surface area (Å²) < 4.78 is 0. The first-order valence-corrected chi connectivity index (χ1v) is 5.82. The van der Waals surface area contributed by atoms with Crippen LogP contribution in [-0.4, -0.2) is 13.1 Å². The summed E-state index contributed by atoms with van der Waals surface area (Å²) in [7, 11) is 0. The molecule has 0 spiro atoms. The highest BCUT2D eigenvalue weighted by molar-refractivity contribution is 5.59. The van der Waals surface area contributed by atoms with Gasteiger partial charge in [-0.25, -0.2) is 0 Å². The van der Waals surface area contributed by atoms with Crippen molar-refractivity contribution >= 4 is 5.69 Å². The van der Waals surface area contributed by atoms with Gasteiger partial charge in [0.15, 0.2) is 0 Å². The molecule has 0 amide bonds. The van der Waals surface area contributed by atoms with Gasteiger partial charge in [0, 0.05) is 18.7 Å². The summed E-state index contributed by atoms with van der Waals surface area (Å²) in [4.78, 5) is 25.0. The smallest absolute Gasteiger partial charge is 0.249 e. The molecule has 0 saturated carbocycles. The van der Waals surface area contributed by atoms with E-state index in [0.717, 1.165) is 56.4 Å². The number of unbranched alkanes of at least 4 members (excludes halogenated alkanes) is 1. The molecule has 3 nitrogen and oxygen atoms in total. The first-order chi connectivity index (χ1) is 7.25. The minimum Gasteiger partial charge on any atom is -0.368 e. The van der Waals surface area contributed by atoms with Crippen LogP contribution < -0.4 is 15.8 Å². The first kappa shape index (κ1) is 10.4. The quantitative estimate of drug-likeness (QED) is 0.697. The van der Waals surface area contributed by atoms with E-state index in [1.54, 1.807) is 0 Å². The highest BCUT2D eigenvalue weighted by Gasteiger charge is 2.26. The van der Waals surface area contributed by atoms with Gasteiger partial charge in [0.1, 0.15) is 0 Å². The van der Waals surface area contributed by atoms with Crippen LogP contribution in [0.4, 0.5) is 5.69 Å². The van der Waals surface area contributed by atoms with E-state index in [-0.39, 0.29) is 10.9 Å². The van der Waals surface area contributed by atoms with Gasteiger partial charge in [-0.3, -0.25) is 9.59 Å². The second-order valence-corrected chi connectivity index (χ2v) is 4.28. The Morgan fingerprint density at radius 1 is 1.13 bits per heavy atom. The number of anilines is 1. The van der Waals surface area contributed by atoms with E-state index in [1.807, 2.05) is 0 Å². The summed E-state index contributed by atoms with van der Waals surface area (Å²) >= 11 is 0. The second-order valence-electron chi connectivity index (χ2n) is 4.28. The zero-order chi connectivity index (χ0) is 10.8. The molecule has 1 saturated heterocycles. The van der Waals surface area contributed by atoms with E-state index < -0.39 is 0 Å². The average Bonchev–Trinajstić information content (AvgIpc) is 2.75. The fraction of sp³-hybridized carbons (Fsp3) is 0.667. The maximum atomic E-state index is 11.5. The van der Waals surface area contributed by atoms with Gasteiger partial charge in [-0.05, 0) is 25.7 Å². The molecule has 0 aliphatic carbocycles. The van der Waals surface area contributed by atoms with Gasteiger partial charge in [0.2, 0.25) is 10.9 Å². The van der Waals surface area contributed by atoms with E-state index in [1.165, 1.54) is 0 Å². The maximum absolute atomic E-state index is 11.5. The third kappa shape index (κ3) is 1.71. The van der Waals surface area contributed by atoms with Crippen LogP contribution in [0.2, 0.25) is 0 Å². The summed E-state index contributed by atoms with van der Waals surface area (Å²) in [6.45, 7) is 4.00. The minimum absolute atomic E-state index is 0.231. The molecular weight excluding hydrogens is 190 g/mol. The normalized spacial score (nSPS) is 16.5. The number of hydrogen-bond acceptors (Lipinski definition) is 3. The van der Waals surface area contributed by atoms with Crippen LogP contribution in [0.1, 0.15) is 38.2 Å². The largest absolute Gasteiger partial charge is 0.368 e. The summed E-state index contributed by atoms with van der Waals surface area (Å²) in [5, 5.41) is 0. The number of nitrogens with zero attached hydrogens (tertiary/aromatic N) is 1. The molecule has 15 heavy (non-hydrogen) atoms. The number of rotatable bonds is 4. The van der Waals surface area contributed by atoms with Crippen molar-refractivity contribution in [1.29, 1.82) is 0 Å². The van der Waals surface area contributed by atoms with Gasteiger partial charge in [-0.15, -0.1) is 0 Å². The SMILES string of the molecule is CCCCc1c(N2CCCC2)c(=O)c1=O. The molecule has 1 aromatic rings. The van der Waals surface area contributed by atoms with Gasteiger partial charge in [-0.2, -0.15) is 0 Å². The fourth-order valence-corrected chi connectivity index (χ4v) is 2.29. The van der Waals surface area contributed by atoms with Crippen molar-refractivity contribution in [2.24, 2.45) is 0 Å². The maximum Gasteiger partial charge on any atom is 0.249 e. The van der Waals surface area contributed by atoms with Crippen LogP contribution >= 0.6 is 0 Å². The van der Waals surface area contributed by atoms with Gasteiger partial charge < -0.3 is 4.90 Å². The van der Waals surface area contributed by atoms with E-state index >= 15 is 0 Å². The van der Waals surface area contributed by atoms with Gasteiger partial charge in [0.05, 0.1) is 5.69 Å². The summed E-state index contributed by atoms with van der Waals surface area (Å²) in [5.74, 6) is 0. The predicted octanol–water partition coefficient (Wildman–Crippen LogP) is 1.23. The average molecular weight is 207 g/mol. The third-order valence-electron chi connectivity index (χ3n) is 3.18.